The summed E-state index contributed by atoms with van der Waals surface area (Å²) in [5, 5.41) is 9.64. The topological polar surface area (TPSA) is 53.2 Å². The second-order valence-electron chi connectivity index (χ2n) is 4.22. The molecule has 0 aliphatic carbocycles. The quantitative estimate of drug-likeness (QED) is 0.624. The van der Waals surface area contributed by atoms with E-state index in [4.69, 9.17) is 0 Å². The number of hydrogen-bond acceptors (Lipinski definition) is 3. The van der Waals surface area contributed by atoms with Crippen LogP contribution < -0.4 is 16.0 Å². The molecule has 0 spiro atoms. The molecular weight excluding hydrogens is 214 g/mol. The molecule has 0 bridgehead atoms. The molecule has 15 heavy (non-hydrogen) atoms. The van der Waals surface area contributed by atoms with E-state index in [1.807, 2.05) is 0 Å². The van der Waals surface area contributed by atoms with E-state index in [0.717, 1.165) is 45.4 Å². The Balaban J connectivity index is 0.00000112. The summed E-state index contributed by atoms with van der Waals surface area (Å²) >= 11 is 0. The molecule has 3 N–H and O–H groups in total. The lowest BCUT2D eigenvalue weighted by Crippen LogP contribution is -2.43. The molecule has 5 heteroatoms. The number of hydrogen-bond donors (Lipinski definition) is 3. The Morgan fingerprint density at radius 1 is 1.07 bits per heavy atom. The molecule has 2 saturated heterocycles. The average molecular weight is 234 g/mol. The molecule has 2 aliphatic heterocycles. The summed E-state index contributed by atoms with van der Waals surface area (Å²) in [4.78, 5) is 11.8. The molecule has 2 aliphatic rings. The molecule has 4 nitrogen and oxygen atoms in total. The molecule has 0 aromatic carbocycles. The van der Waals surface area contributed by atoms with Crippen LogP contribution >= 0.6 is 12.4 Å². The van der Waals surface area contributed by atoms with Crippen LogP contribution in [0.1, 0.15) is 19.3 Å². The van der Waals surface area contributed by atoms with E-state index in [1.165, 1.54) is 0 Å². The highest BCUT2D eigenvalue weighted by Crippen LogP contribution is 2.12. The predicted octanol–water partition coefficient (Wildman–Crippen LogP) is -0.114. The molecule has 1 unspecified atom stereocenters. The number of carbonyl (C=O) groups excluding carboxylic acids is 1. The Kier molecular flexibility index (Phi) is 5.36. The maximum atomic E-state index is 11.8. The van der Waals surface area contributed by atoms with Crippen LogP contribution in [-0.2, 0) is 4.79 Å². The molecule has 2 rings (SSSR count). The van der Waals surface area contributed by atoms with Gasteiger partial charge in [-0.2, -0.15) is 0 Å². The van der Waals surface area contributed by atoms with Crippen LogP contribution in [-0.4, -0.2) is 38.1 Å². The van der Waals surface area contributed by atoms with Crippen LogP contribution in [0, 0.1) is 5.92 Å². The van der Waals surface area contributed by atoms with Crippen molar-refractivity contribution < 1.29 is 4.79 Å². The average Bonchev–Trinajstić information content (AvgIpc) is 2.72. The minimum absolute atomic E-state index is 0. The first-order chi connectivity index (χ1) is 6.86. The lowest BCUT2D eigenvalue weighted by molar-refractivity contribution is -0.126. The zero-order chi connectivity index (χ0) is 9.80. The largest absolute Gasteiger partial charge is 0.352 e. The van der Waals surface area contributed by atoms with E-state index in [9.17, 15) is 4.79 Å². The Morgan fingerprint density at radius 3 is 2.33 bits per heavy atom. The molecule has 0 saturated carbocycles. The first-order valence-electron chi connectivity index (χ1n) is 5.58. The summed E-state index contributed by atoms with van der Waals surface area (Å²) in [5.74, 6) is 0.511. The minimum Gasteiger partial charge on any atom is -0.352 e. The van der Waals surface area contributed by atoms with Crippen molar-refractivity contribution >= 4 is 18.3 Å². The number of carbonyl (C=O) groups is 1. The van der Waals surface area contributed by atoms with Crippen molar-refractivity contribution in [3.63, 3.8) is 0 Å². The van der Waals surface area contributed by atoms with Crippen LogP contribution in [0.25, 0.3) is 0 Å². The number of halogens is 1. The van der Waals surface area contributed by atoms with Gasteiger partial charge in [0.05, 0.1) is 0 Å². The standard InChI is InChI=1S/C10H19N3O.ClH/c14-10(8-1-4-11-5-2-8)13-9-3-6-12-7-9;/h8-9,11-12H,1-7H2,(H,13,14);1H. The molecule has 2 heterocycles. The van der Waals surface area contributed by atoms with Crippen molar-refractivity contribution in [1.82, 2.24) is 16.0 Å². The molecule has 0 aromatic heterocycles. The van der Waals surface area contributed by atoms with Crippen molar-refractivity contribution in [1.29, 1.82) is 0 Å². The smallest absolute Gasteiger partial charge is 0.223 e. The van der Waals surface area contributed by atoms with Gasteiger partial charge in [-0.1, -0.05) is 0 Å². The van der Waals surface area contributed by atoms with Gasteiger partial charge in [0.1, 0.15) is 0 Å². The van der Waals surface area contributed by atoms with E-state index >= 15 is 0 Å². The van der Waals surface area contributed by atoms with Gasteiger partial charge in [-0.3, -0.25) is 4.79 Å². The summed E-state index contributed by atoms with van der Waals surface area (Å²) < 4.78 is 0. The van der Waals surface area contributed by atoms with Crippen molar-refractivity contribution in [2.24, 2.45) is 5.92 Å². The second kappa shape index (κ2) is 6.30. The molecule has 2 fully saturated rings. The maximum Gasteiger partial charge on any atom is 0.223 e. The van der Waals surface area contributed by atoms with Crippen LogP contribution in [0.3, 0.4) is 0 Å². The van der Waals surface area contributed by atoms with Gasteiger partial charge in [-0.05, 0) is 38.9 Å². The molecule has 88 valence electrons. The molecule has 1 amide bonds. The van der Waals surface area contributed by atoms with E-state index in [1.54, 1.807) is 0 Å². The van der Waals surface area contributed by atoms with Crippen LogP contribution in [0.2, 0.25) is 0 Å². The monoisotopic (exact) mass is 233 g/mol. The maximum absolute atomic E-state index is 11.8. The molecule has 0 radical (unpaired) electrons. The lowest BCUT2D eigenvalue weighted by Gasteiger charge is -2.23. The highest BCUT2D eigenvalue weighted by molar-refractivity contribution is 5.85. The van der Waals surface area contributed by atoms with Gasteiger partial charge < -0.3 is 16.0 Å². The highest BCUT2D eigenvalue weighted by Gasteiger charge is 2.24. The zero-order valence-electron chi connectivity index (χ0n) is 8.92. The third kappa shape index (κ3) is 3.63. The Bertz CT molecular complexity index is 201. The van der Waals surface area contributed by atoms with Crippen molar-refractivity contribution in [3.8, 4) is 0 Å². The van der Waals surface area contributed by atoms with Gasteiger partial charge in [0, 0.05) is 18.5 Å². The third-order valence-corrected chi connectivity index (χ3v) is 3.12. The Labute approximate surface area is 97.0 Å². The fraction of sp³-hybridized carbons (Fsp3) is 0.900. The van der Waals surface area contributed by atoms with Gasteiger partial charge in [0.2, 0.25) is 5.91 Å². The van der Waals surface area contributed by atoms with Crippen molar-refractivity contribution in [2.45, 2.75) is 25.3 Å². The Hall–Kier alpha value is -0.320. The van der Waals surface area contributed by atoms with Crippen molar-refractivity contribution in [3.05, 3.63) is 0 Å². The van der Waals surface area contributed by atoms with Crippen molar-refractivity contribution in [2.75, 3.05) is 26.2 Å². The summed E-state index contributed by atoms with van der Waals surface area (Å²) in [6, 6.07) is 0.373. The number of piperidine rings is 1. The van der Waals surface area contributed by atoms with E-state index in [0.29, 0.717) is 6.04 Å². The number of rotatable bonds is 2. The lowest BCUT2D eigenvalue weighted by atomic mass is 9.97. The van der Waals surface area contributed by atoms with Crippen LogP contribution in [0.5, 0.6) is 0 Å². The molecule has 1 atom stereocenters. The van der Waals surface area contributed by atoms with Gasteiger partial charge in [0.25, 0.3) is 0 Å². The third-order valence-electron chi connectivity index (χ3n) is 3.12. The first kappa shape index (κ1) is 12.7. The highest BCUT2D eigenvalue weighted by atomic mass is 35.5. The van der Waals surface area contributed by atoms with Gasteiger partial charge in [0.15, 0.2) is 0 Å². The molecule has 0 aromatic rings. The summed E-state index contributed by atoms with van der Waals surface area (Å²) in [6.45, 7) is 3.95. The summed E-state index contributed by atoms with van der Waals surface area (Å²) in [6.07, 6.45) is 3.06. The zero-order valence-corrected chi connectivity index (χ0v) is 9.74. The molecular formula is C10H20ClN3O. The summed E-state index contributed by atoms with van der Waals surface area (Å²) in [7, 11) is 0. The van der Waals surface area contributed by atoms with E-state index in [2.05, 4.69) is 16.0 Å². The normalized spacial score (nSPS) is 27.1. The SMILES string of the molecule is Cl.O=C(NC1CCNC1)C1CCNCC1. The fourth-order valence-electron chi connectivity index (χ4n) is 2.18. The first-order valence-corrected chi connectivity index (χ1v) is 5.58. The second-order valence-corrected chi connectivity index (χ2v) is 4.22. The number of nitrogens with one attached hydrogen (secondary N) is 3. The predicted molar refractivity (Wildman–Crippen MR) is 62.3 cm³/mol. The number of amides is 1. The van der Waals surface area contributed by atoms with E-state index in [-0.39, 0.29) is 24.2 Å². The minimum atomic E-state index is 0. The fourth-order valence-corrected chi connectivity index (χ4v) is 2.18. The van der Waals surface area contributed by atoms with Gasteiger partial charge in [-0.25, -0.2) is 0 Å². The van der Waals surface area contributed by atoms with Gasteiger partial charge >= 0.3 is 0 Å². The van der Waals surface area contributed by atoms with Gasteiger partial charge in [-0.15, -0.1) is 12.4 Å². The van der Waals surface area contributed by atoms with Crippen LogP contribution in [0.4, 0.5) is 0 Å². The van der Waals surface area contributed by atoms with E-state index < -0.39 is 0 Å². The Morgan fingerprint density at radius 2 is 1.73 bits per heavy atom. The van der Waals surface area contributed by atoms with Crippen LogP contribution in [0.15, 0.2) is 0 Å². The summed E-state index contributed by atoms with van der Waals surface area (Å²) in [5.41, 5.74) is 0.